The fourth-order valence-corrected chi connectivity index (χ4v) is 0.916. The molecule has 0 saturated heterocycles. The molecule has 0 atom stereocenters. The first kappa shape index (κ1) is 6.92. The smallest absolute Gasteiger partial charge is 0.215 e. The van der Waals surface area contributed by atoms with E-state index in [0.29, 0.717) is 0 Å². The van der Waals surface area contributed by atoms with Crippen LogP contribution < -0.4 is 0 Å². The van der Waals surface area contributed by atoms with E-state index < -0.39 is 11.9 Å². The quantitative estimate of drug-likeness (QED) is 0.485. The molecule has 0 aromatic carbocycles. The fraction of sp³-hybridized carbons (Fsp3) is 0.500. The third kappa shape index (κ3) is 1.61. The first-order chi connectivity index (χ1) is 4.11. The van der Waals surface area contributed by atoms with Crippen LogP contribution in [-0.4, -0.2) is 11.9 Å². The molecule has 0 saturated carbocycles. The molecule has 0 amide bonds. The van der Waals surface area contributed by atoms with E-state index in [2.05, 4.69) is 10.2 Å². The second-order valence-corrected chi connectivity index (χ2v) is 2.10. The Morgan fingerprint density at radius 1 is 1.56 bits per heavy atom. The van der Waals surface area contributed by atoms with Crippen molar-refractivity contribution in [3.8, 4) is 0 Å². The summed E-state index contributed by atoms with van der Waals surface area (Å²) in [5, 5.41) is 0. The van der Waals surface area contributed by atoms with E-state index in [4.69, 9.17) is 0 Å². The predicted octanol–water partition coefficient (Wildman–Crippen LogP) is 2.08. The zero-order valence-corrected chi connectivity index (χ0v) is 5.01. The Morgan fingerprint density at radius 3 is 2.44 bits per heavy atom. The maximum absolute atomic E-state index is 11.6. The summed E-state index contributed by atoms with van der Waals surface area (Å²) in [4.78, 5) is 0. The van der Waals surface area contributed by atoms with Gasteiger partial charge in [0.1, 0.15) is 5.71 Å². The van der Waals surface area contributed by atoms with Crippen molar-refractivity contribution >= 4 is 17.7 Å². The average molecular weight is 153 g/mol. The number of nitrogens with zero attached hydrogens (tertiary/aromatic N) is 1. The Bertz CT molecular complexity index is 139. The third-order valence-corrected chi connectivity index (χ3v) is 1.37. The molecule has 0 aromatic rings. The molecule has 0 spiro atoms. The molecule has 1 heterocycles. The van der Waals surface area contributed by atoms with Crippen LogP contribution in [0.2, 0.25) is 0 Å². The van der Waals surface area contributed by atoms with E-state index in [1.165, 1.54) is 0 Å². The molecule has 50 valence electrons. The van der Waals surface area contributed by atoms with Crippen molar-refractivity contribution < 1.29 is 13.2 Å². The summed E-state index contributed by atoms with van der Waals surface area (Å²) >= 11 is 0.727. The SMILES string of the molecule is FC(F)(F)C1=NS[C]C1. The van der Waals surface area contributed by atoms with Crippen LogP contribution in [0, 0.1) is 5.75 Å². The van der Waals surface area contributed by atoms with Crippen LogP contribution in [0.4, 0.5) is 13.2 Å². The molecule has 1 rings (SSSR count). The Kier molecular flexibility index (Phi) is 1.70. The highest BCUT2D eigenvalue weighted by atomic mass is 32.2. The summed E-state index contributed by atoms with van der Waals surface area (Å²) in [6, 6.07) is 0. The van der Waals surface area contributed by atoms with Gasteiger partial charge in [0.2, 0.25) is 0 Å². The minimum Gasteiger partial charge on any atom is -0.215 e. The van der Waals surface area contributed by atoms with Gasteiger partial charge in [-0.1, -0.05) is 0 Å². The van der Waals surface area contributed by atoms with E-state index in [1.807, 2.05) is 0 Å². The molecule has 1 aliphatic heterocycles. The Labute approximate surface area is 54.5 Å². The Hall–Kier alpha value is -0.190. The topological polar surface area (TPSA) is 12.4 Å². The molecular weight excluding hydrogens is 151 g/mol. The van der Waals surface area contributed by atoms with E-state index in [9.17, 15) is 13.2 Å². The lowest BCUT2D eigenvalue weighted by molar-refractivity contribution is -0.0596. The van der Waals surface area contributed by atoms with Crippen molar-refractivity contribution in [1.29, 1.82) is 0 Å². The zero-order chi connectivity index (χ0) is 6.91. The molecule has 9 heavy (non-hydrogen) atoms. The second kappa shape index (κ2) is 2.21. The summed E-state index contributed by atoms with van der Waals surface area (Å²) < 4.78 is 37.8. The molecular formula is C4H2F3NS. The lowest BCUT2D eigenvalue weighted by Crippen LogP contribution is -2.20. The Morgan fingerprint density at radius 2 is 2.22 bits per heavy atom. The van der Waals surface area contributed by atoms with Crippen molar-refractivity contribution in [1.82, 2.24) is 0 Å². The van der Waals surface area contributed by atoms with Gasteiger partial charge in [0, 0.05) is 6.42 Å². The summed E-state index contributed by atoms with van der Waals surface area (Å²) in [5.74, 6) is 2.37. The standard InChI is InChI=1S/C4H2F3NS/c5-4(6,7)3-1-2-9-8-3/h1H2. The summed E-state index contributed by atoms with van der Waals surface area (Å²) in [5.41, 5.74) is -0.743. The fourth-order valence-electron chi connectivity index (χ4n) is 0.372. The maximum atomic E-state index is 11.6. The number of alkyl halides is 3. The lowest BCUT2D eigenvalue weighted by Gasteiger charge is -2.01. The van der Waals surface area contributed by atoms with Gasteiger partial charge < -0.3 is 0 Å². The van der Waals surface area contributed by atoms with Crippen molar-refractivity contribution in [3.05, 3.63) is 5.75 Å². The van der Waals surface area contributed by atoms with Crippen molar-refractivity contribution in [2.45, 2.75) is 12.6 Å². The maximum Gasteiger partial charge on any atom is 0.430 e. The van der Waals surface area contributed by atoms with Gasteiger partial charge in [-0.05, 0) is 11.9 Å². The lowest BCUT2D eigenvalue weighted by atomic mass is 10.3. The van der Waals surface area contributed by atoms with E-state index >= 15 is 0 Å². The van der Waals surface area contributed by atoms with E-state index in [0.717, 1.165) is 11.9 Å². The first-order valence-corrected chi connectivity index (χ1v) is 2.91. The van der Waals surface area contributed by atoms with E-state index in [1.54, 1.807) is 0 Å². The largest absolute Gasteiger partial charge is 0.430 e. The van der Waals surface area contributed by atoms with Gasteiger partial charge >= 0.3 is 6.18 Å². The number of hydrogen-bond acceptors (Lipinski definition) is 2. The summed E-state index contributed by atoms with van der Waals surface area (Å²) in [6.07, 6.45) is -4.44. The summed E-state index contributed by atoms with van der Waals surface area (Å²) in [7, 11) is 0. The van der Waals surface area contributed by atoms with Gasteiger partial charge in [-0.25, -0.2) is 4.40 Å². The molecule has 0 N–H and O–H groups in total. The molecule has 0 fully saturated rings. The van der Waals surface area contributed by atoms with Crippen LogP contribution in [0.3, 0.4) is 0 Å². The van der Waals surface area contributed by atoms with E-state index in [-0.39, 0.29) is 6.42 Å². The number of halogens is 3. The number of rotatable bonds is 0. The number of hydrogen-bond donors (Lipinski definition) is 0. The molecule has 0 aliphatic carbocycles. The van der Waals surface area contributed by atoms with Crippen molar-refractivity contribution in [2.75, 3.05) is 0 Å². The molecule has 2 radical (unpaired) electrons. The normalized spacial score (nSPS) is 20.1. The van der Waals surface area contributed by atoms with Crippen molar-refractivity contribution in [2.24, 2.45) is 4.40 Å². The van der Waals surface area contributed by atoms with Gasteiger partial charge in [-0.2, -0.15) is 13.2 Å². The minimum atomic E-state index is -4.25. The highest BCUT2D eigenvalue weighted by Gasteiger charge is 2.37. The first-order valence-electron chi connectivity index (χ1n) is 2.13. The molecule has 0 bridgehead atoms. The average Bonchev–Trinajstić information content (AvgIpc) is 2.08. The van der Waals surface area contributed by atoms with Crippen LogP contribution in [0.25, 0.3) is 0 Å². The van der Waals surface area contributed by atoms with Crippen LogP contribution >= 0.6 is 11.9 Å². The summed E-state index contributed by atoms with van der Waals surface area (Å²) in [6.45, 7) is 0. The monoisotopic (exact) mass is 153 g/mol. The van der Waals surface area contributed by atoms with Crippen LogP contribution in [0.5, 0.6) is 0 Å². The molecule has 0 unspecified atom stereocenters. The zero-order valence-electron chi connectivity index (χ0n) is 4.20. The molecule has 5 heteroatoms. The van der Waals surface area contributed by atoms with Gasteiger partial charge in [0.25, 0.3) is 0 Å². The van der Waals surface area contributed by atoms with Gasteiger partial charge in [0.05, 0.1) is 5.75 Å². The second-order valence-electron chi connectivity index (χ2n) is 1.45. The molecule has 1 aliphatic rings. The molecule has 0 aromatic heterocycles. The van der Waals surface area contributed by atoms with Gasteiger partial charge in [-0.3, -0.25) is 0 Å². The highest BCUT2D eigenvalue weighted by molar-refractivity contribution is 8.00. The predicted molar refractivity (Wildman–Crippen MR) is 28.9 cm³/mol. The minimum absolute atomic E-state index is 0.186. The van der Waals surface area contributed by atoms with Crippen LogP contribution in [0.1, 0.15) is 6.42 Å². The van der Waals surface area contributed by atoms with Gasteiger partial charge in [-0.15, -0.1) is 0 Å². The van der Waals surface area contributed by atoms with Crippen LogP contribution in [-0.2, 0) is 0 Å². The highest BCUT2D eigenvalue weighted by Crippen LogP contribution is 2.29. The molecule has 1 nitrogen and oxygen atoms in total. The Balaban J connectivity index is 2.61. The van der Waals surface area contributed by atoms with Crippen LogP contribution in [0.15, 0.2) is 4.40 Å². The van der Waals surface area contributed by atoms with Gasteiger partial charge in [0.15, 0.2) is 0 Å². The third-order valence-electron chi connectivity index (χ3n) is 0.787. The van der Waals surface area contributed by atoms with Crippen molar-refractivity contribution in [3.63, 3.8) is 0 Å².